The number of nitro benzene ring substituents is 5. The monoisotopic (exact) mass is 2050 g/mol. The minimum atomic E-state index is -4.64. The van der Waals surface area contributed by atoms with Crippen molar-refractivity contribution in [3.63, 3.8) is 0 Å². The summed E-state index contributed by atoms with van der Waals surface area (Å²) in [6.07, 6.45) is 1.16. The van der Waals surface area contributed by atoms with Crippen LogP contribution in [0, 0.1) is 50.6 Å². The molecule has 0 fully saturated rings. The van der Waals surface area contributed by atoms with Crippen LogP contribution in [0.1, 0.15) is 25.5 Å². The number of anilines is 4. The number of imidazole rings is 2. The first-order chi connectivity index (χ1) is 57.4. The van der Waals surface area contributed by atoms with E-state index >= 15 is 0 Å². The van der Waals surface area contributed by atoms with E-state index in [9.17, 15) is 68.5 Å². The predicted molar refractivity (Wildman–Crippen MR) is 491 cm³/mol. The molecule has 0 saturated heterocycles. The highest BCUT2D eigenvalue weighted by Crippen LogP contribution is 2.69. The van der Waals surface area contributed by atoms with Gasteiger partial charge in [0.15, 0.2) is 24.5 Å². The molecule has 0 bridgehead atoms. The number of rotatable bonds is 14. The number of nitro groups is 5. The number of benzene rings is 6. The number of halogens is 4. The smallest absolute Gasteiger partial charge is 0.446 e. The van der Waals surface area contributed by atoms with E-state index in [1.807, 2.05) is 57.2 Å². The Bertz CT molecular complexity index is 5350. The molecule has 0 aliphatic carbocycles. The van der Waals surface area contributed by atoms with Crippen molar-refractivity contribution in [1.29, 1.82) is 0 Å². The van der Waals surface area contributed by atoms with E-state index in [-0.39, 0.29) is 60.3 Å². The van der Waals surface area contributed by atoms with Gasteiger partial charge < -0.3 is 70.0 Å². The van der Waals surface area contributed by atoms with E-state index < -0.39 is 37.1 Å². The Morgan fingerprint density at radius 2 is 1.04 bits per heavy atom. The van der Waals surface area contributed by atoms with E-state index in [1.54, 1.807) is 113 Å². The van der Waals surface area contributed by atoms with Crippen molar-refractivity contribution in [2.24, 2.45) is 15.7 Å². The second-order valence-corrected chi connectivity index (χ2v) is 48.6. The largest absolute Gasteiger partial charge is 0.485 e. The number of nitrogens with zero attached hydrogens (tertiary/aromatic N) is 11. The molecule has 642 valence electrons. The van der Waals surface area contributed by atoms with Crippen LogP contribution < -0.4 is 55.8 Å². The molecule has 2 aromatic heterocycles. The van der Waals surface area contributed by atoms with E-state index in [0.29, 0.717) is 114 Å². The van der Waals surface area contributed by atoms with Crippen molar-refractivity contribution < 1.29 is 90.0 Å². The lowest BCUT2D eigenvalue weighted by Gasteiger charge is -2.20. The van der Waals surface area contributed by atoms with Crippen LogP contribution in [0.25, 0.3) is 11.4 Å². The van der Waals surface area contributed by atoms with Gasteiger partial charge in [0.2, 0.25) is 6.29 Å². The molecule has 37 nitrogen and oxygen atoms in total. The van der Waals surface area contributed by atoms with Crippen molar-refractivity contribution in [1.82, 2.24) is 19.1 Å². The lowest BCUT2D eigenvalue weighted by Crippen LogP contribution is -2.27. The summed E-state index contributed by atoms with van der Waals surface area (Å²) in [6, 6.07) is 27.4. The van der Waals surface area contributed by atoms with Gasteiger partial charge in [-0.15, -0.1) is 0 Å². The summed E-state index contributed by atoms with van der Waals surface area (Å²) in [7, 11) is 20.0. The topological polar surface area (TPSA) is 481 Å². The summed E-state index contributed by atoms with van der Waals surface area (Å²) in [6.45, 7) is 6.44. The number of nitrogens with two attached hydrogens (primary N) is 2. The number of carbonyl (C=O) groups excluding carboxylic acids is 2. The standard InChI is InChI=1S/C12H15N3O4.C10H7N3O3.C10H9N3O.C9H8N2O3.C8H6N2O4.C8H6N2O3S.C4H11NO2.C2HF3O.CH3I.P4S10/c1-8(18-2)6-13-12-7-19-11-4-3-9(15(16)17)5-10(11)14-12;14-13(15)7-1-2-9-8(5-7)12-4-3-11-10(12)6-16-9;11-7-1-2-9-8(5-7)13-4-3-12-10(13)6-14-9;1-6-5-14-9-3-2-7(11(12)13)4-8(9)10-6;11-8-4-14-7-2-1-5(10(12)13)3-6(7)9-8;11-10(12)5-1-2-7-6(3-5)9-8(14)4-13-7;1-6-4(3-5)7-2;3-2(4,5)1-6;1-2;5-1-4(2-6)3-8-10-12-14-13-11-9-7/h3-5,8H,6-7H2,1-2H3,(H,13,14);1-5H,6H2;1-5H,6,11H2;2-4H,5H2,1H3;1-3H,4H2,(H,9,11);1-3H,4H2,(H,9,14);4H,3,5H2,1-2H3;1H;1H3;. The highest BCUT2D eigenvalue weighted by molar-refractivity contribution is 14.1. The Morgan fingerprint density at radius 1 is 0.617 bits per heavy atom. The van der Waals surface area contributed by atoms with Crippen LogP contribution in [-0.2, 0) is 135 Å². The van der Waals surface area contributed by atoms with Crippen LogP contribution in [0.15, 0.2) is 144 Å². The maximum Gasteiger partial charge on any atom is 0.446 e. The first-order valence-electron chi connectivity index (χ1n) is 32.7. The highest BCUT2D eigenvalue weighted by atomic mass is 127. The number of aliphatic imine (C=N–C) groups is 2. The fourth-order valence-corrected chi connectivity index (χ4v) is 44.5. The van der Waals surface area contributed by atoms with E-state index in [4.69, 9.17) is 106 Å². The molecule has 0 saturated carbocycles. The Morgan fingerprint density at radius 3 is 1.52 bits per heavy atom. The number of nitrogens with one attached hydrogen (secondary N) is 3. The van der Waals surface area contributed by atoms with Crippen LogP contribution in [0.4, 0.5) is 70.0 Å². The molecule has 0 spiro atoms. The van der Waals surface area contributed by atoms with Crippen molar-refractivity contribution >= 4 is 246 Å². The molecule has 14 rings (SSSR count). The van der Waals surface area contributed by atoms with Crippen LogP contribution in [0.5, 0.6) is 34.5 Å². The number of nitrogen functional groups attached to an aromatic ring is 1. The Balaban J connectivity index is 0.000000243. The summed E-state index contributed by atoms with van der Waals surface area (Å²) in [4.78, 5) is 89.3. The van der Waals surface area contributed by atoms with Gasteiger partial charge in [0, 0.05) is 140 Å². The number of aldehydes is 1. The lowest BCUT2D eigenvalue weighted by atomic mass is 10.2. The molecule has 8 aromatic rings. The zero-order chi connectivity index (χ0) is 88.4. The number of aromatic nitrogens is 4. The summed E-state index contributed by atoms with van der Waals surface area (Å²) >= 11 is 21.7. The summed E-state index contributed by atoms with van der Waals surface area (Å²) in [5.74, 6) is 5.69. The van der Waals surface area contributed by atoms with Crippen molar-refractivity contribution in [2.45, 2.75) is 45.6 Å². The quantitative estimate of drug-likeness (QED) is 0.00777. The molecule has 1 unspecified atom stereocenters. The van der Waals surface area contributed by atoms with Crippen molar-refractivity contribution in [2.75, 3.05) is 87.5 Å². The van der Waals surface area contributed by atoms with Gasteiger partial charge in [0.25, 0.3) is 34.3 Å². The highest BCUT2D eigenvalue weighted by Gasteiger charge is 2.26. The number of carbonyl (C=O) groups is 2. The first kappa shape index (κ1) is 102. The number of thiocarbonyl (C=S) groups is 1. The van der Waals surface area contributed by atoms with E-state index in [1.165, 1.54) is 82.7 Å². The van der Waals surface area contributed by atoms with Gasteiger partial charge in [-0.1, -0.05) is 58.4 Å². The zero-order valence-corrected chi connectivity index (χ0v) is 77.2. The van der Waals surface area contributed by atoms with Crippen LogP contribution >= 0.6 is 62.9 Å². The lowest BCUT2D eigenvalue weighted by molar-refractivity contribution is -0.385. The van der Waals surface area contributed by atoms with Crippen LogP contribution in [-0.4, -0.2) is 157 Å². The predicted octanol–water partition coefficient (Wildman–Crippen LogP) is 14.4. The van der Waals surface area contributed by atoms with Crippen LogP contribution in [0.3, 0.4) is 0 Å². The van der Waals surface area contributed by atoms with Gasteiger partial charge in [0.1, 0.15) is 84.0 Å². The maximum absolute atomic E-state index is 10.9. The number of amidine groups is 1. The summed E-state index contributed by atoms with van der Waals surface area (Å²) in [5.41, 5.74) is 16.1. The third kappa shape index (κ3) is 34.7. The van der Waals surface area contributed by atoms with Gasteiger partial charge in [-0.3, -0.25) is 79.3 Å². The molecule has 6 aromatic carbocycles. The molecule has 8 heterocycles. The average Bonchev–Trinajstić information content (AvgIpc) is 1.42. The van der Waals surface area contributed by atoms with Gasteiger partial charge >= 0.3 is 6.18 Å². The number of ether oxygens (including phenoxy) is 9. The number of amides is 1. The summed E-state index contributed by atoms with van der Waals surface area (Å²) < 4.78 is 81.6. The molecular formula is C64H66F3IN16O21P4S11. The normalized spacial score (nSPS) is 13.3. The third-order valence-electron chi connectivity index (χ3n) is 14.4. The zero-order valence-electron chi connectivity index (χ0n) is 62.5. The molecule has 6 aliphatic rings. The van der Waals surface area contributed by atoms with Gasteiger partial charge in [-0.2, -0.15) is 13.2 Å². The van der Waals surface area contributed by atoms with Gasteiger partial charge in [-0.05, 0) is 141 Å². The van der Waals surface area contributed by atoms with Gasteiger partial charge in [-0.25, -0.2) is 9.97 Å². The minimum Gasteiger partial charge on any atom is -0.485 e. The second kappa shape index (κ2) is 54.0. The molecule has 0 radical (unpaired) electrons. The first-order valence-corrected chi connectivity index (χ1v) is 53.8. The number of methoxy groups -OCH3 is 3. The third-order valence-corrected chi connectivity index (χ3v) is 48.3. The second-order valence-electron chi connectivity index (χ2n) is 22.2. The molecular weight excluding hydrogens is 1990 g/mol. The van der Waals surface area contributed by atoms with Crippen LogP contribution in [0.2, 0.25) is 0 Å². The number of alkyl halides is 4. The number of non-ortho nitro benzene ring substituents is 5. The molecule has 1 atom stereocenters. The number of fused-ring (bicyclic) bond motifs is 10. The van der Waals surface area contributed by atoms with E-state index in [2.05, 4.69) is 58.5 Å². The van der Waals surface area contributed by atoms with E-state index in [0.717, 1.165) is 48.6 Å². The SMILES string of the molecule is CC1=Nc2cc([N+](=O)[O-])ccc2OC1.CI.COC(C)CN=C1COc2ccc([N+](=O)[O-])cc2N1.COC(CN)OC.Nc1ccc2c(c1)-n1ccnc1CO2.O=C1COc2ccc([N+](=O)[O-])cc2N1.O=CC(F)(F)F.O=[N+]([O-])c1ccc2c(c1)-n1ccnc1CO2.O=[N+]([O-])c1ccc2c(c1)NC(=S)CO2.S=PP(P=S)P=S=S=S=S=S=S=S=S. The Kier molecular flexibility index (Phi) is 45.9. The molecule has 6 aliphatic heterocycles. The fourth-order valence-electron chi connectivity index (χ4n) is 9.02. The molecule has 56 heteroatoms. The maximum atomic E-state index is 10.9. The fraction of sp³-hybridized carbons (Fsp3) is 0.266. The Labute approximate surface area is 739 Å². The molecule has 7 N–H and O–H groups in total. The minimum absolute atomic E-state index is 0.0146. The molecule has 1 amide bonds. The Hall–Kier alpha value is -8.60. The average molecular weight is 2060 g/mol. The molecule has 120 heavy (non-hydrogen) atoms. The van der Waals surface area contributed by atoms with Crippen molar-refractivity contribution in [3.8, 4) is 45.9 Å². The number of hydrogen-bond donors (Lipinski definition) is 5. The number of hydrogen-bond acceptors (Lipinski definition) is 31. The van der Waals surface area contributed by atoms with Gasteiger partial charge in [0.05, 0.1) is 78.4 Å². The summed E-state index contributed by atoms with van der Waals surface area (Å²) in [5, 5.41) is 61.1. The van der Waals surface area contributed by atoms with Crippen molar-refractivity contribution in [3.05, 3.63) is 196 Å².